The van der Waals surface area contributed by atoms with Crippen LogP contribution in [0, 0.1) is 0 Å². The highest BCUT2D eigenvalue weighted by Crippen LogP contribution is 1.75. The Kier molecular flexibility index (Phi) is 7.40. The van der Waals surface area contributed by atoms with Gasteiger partial charge >= 0.3 is 5.97 Å². The Hall–Kier alpha value is -1.09. The highest BCUT2D eigenvalue weighted by atomic mass is 16.5. The lowest BCUT2D eigenvalue weighted by Crippen LogP contribution is -1.90. The van der Waals surface area contributed by atoms with E-state index in [2.05, 4.69) is 17.9 Å². The van der Waals surface area contributed by atoms with Crippen molar-refractivity contribution < 1.29 is 9.53 Å². The molecule has 0 unspecified atom stereocenters. The molecular formula is C5H9NO2. The second-order valence-corrected chi connectivity index (χ2v) is 0.808. The van der Waals surface area contributed by atoms with Crippen LogP contribution in [0.2, 0.25) is 0 Å². The number of rotatable bonds is 2. The minimum atomic E-state index is -0.477. The van der Waals surface area contributed by atoms with Gasteiger partial charge in [0.05, 0.1) is 6.26 Å². The lowest BCUT2D eigenvalue weighted by atomic mass is 10.7. The maximum Gasteiger partial charge on any atom is 0.334 e. The third-order valence-corrected chi connectivity index (χ3v) is 0.366. The molecule has 0 aliphatic carbocycles. The van der Waals surface area contributed by atoms with Crippen molar-refractivity contribution in [2.45, 2.75) is 0 Å². The Morgan fingerprint density at radius 1 is 1.50 bits per heavy atom. The van der Waals surface area contributed by atoms with Crippen LogP contribution in [0.25, 0.3) is 0 Å². The van der Waals surface area contributed by atoms with E-state index in [0.717, 1.165) is 12.3 Å². The Balaban J connectivity index is 0. The van der Waals surface area contributed by atoms with Crippen LogP contribution in [0.5, 0.6) is 0 Å². The van der Waals surface area contributed by atoms with Crippen LogP contribution in [-0.2, 0) is 9.53 Å². The highest BCUT2D eigenvalue weighted by molar-refractivity contribution is 5.81. The summed E-state index contributed by atoms with van der Waals surface area (Å²) in [4.78, 5) is 10.0. The summed E-state index contributed by atoms with van der Waals surface area (Å²) in [5.41, 5.74) is 0. The van der Waals surface area contributed by atoms with Gasteiger partial charge in [-0.05, 0) is 0 Å². The minimum Gasteiger partial charge on any atom is -0.432 e. The van der Waals surface area contributed by atoms with Crippen molar-refractivity contribution in [2.24, 2.45) is 0 Å². The zero-order valence-corrected chi connectivity index (χ0v) is 4.59. The van der Waals surface area contributed by atoms with Crippen molar-refractivity contribution in [3.05, 3.63) is 25.5 Å². The van der Waals surface area contributed by atoms with Gasteiger partial charge in [-0.2, -0.15) is 0 Å². The van der Waals surface area contributed by atoms with Crippen LogP contribution in [-0.4, -0.2) is 5.97 Å². The van der Waals surface area contributed by atoms with Crippen molar-refractivity contribution in [1.29, 1.82) is 0 Å². The first kappa shape index (κ1) is 10.0. The summed E-state index contributed by atoms with van der Waals surface area (Å²) >= 11 is 0. The van der Waals surface area contributed by atoms with Gasteiger partial charge in [-0.3, -0.25) is 0 Å². The maximum atomic E-state index is 10.0. The molecule has 0 aromatic heterocycles. The van der Waals surface area contributed by atoms with Crippen LogP contribution >= 0.6 is 0 Å². The Morgan fingerprint density at radius 2 is 2.00 bits per heavy atom. The van der Waals surface area contributed by atoms with Crippen molar-refractivity contribution in [2.75, 3.05) is 0 Å². The van der Waals surface area contributed by atoms with Gasteiger partial charge in [0.15, 0.2) is 0 Å². The molecule has 0 aliphatic heterocycles. The molecule has 0 atom stereocenters. The van der Waals surface area contributed by atoms with Crippen molar-refractivity contribution in [3.8, 4) is 0 Å². The second kappa shape index (κ2) is 5.91. The first-order valence-electron chi connectivity index (χ1n) is 1.75. The minimum absolute atomic E-state index is 0. The van der Waals surface area contributed by atoms with Gasteiger partial charge in [-0.1, -0.05) is 13.2 Å². The Labute approximate surface area is 48.2 Å². The van der Waals surface area contributed by atoms with Gasteiger partial charge in [0.25, 0.3) is 0 Å². The smallest absolute Gasteiger partial charge is 0.334 e. The van der Waals surface area contributed by atoms with E-state index in [1.54, 1.807) is 0 Å². The average molecular weight is 115 g/mol. The number of hydrogen-bond acceptors (Lipinski definition) is 3. The van der Waals surface area contributed by atoms with Gasteiger partial charge in [0.1, 0.15) is 0 Å². The van der Waals surface area contributed by atoms with Crippen LogP contribution < -0.4 is 6.15 Å². The van der Waals surface area contributed by atoms with Crippen LogP contribution in [0.15, 0.2) is 25.5 Å². The number of hydrogen-bond donors (Lipinski definition) is 1. The summed E-state index contributed by atoms with van der Waals surface area (Å²) in [5.74, 6) is -0.477. The fraction of sp³-hybridized carbons (Fsp3) is 0. The normalized spacial score (nSPS) is 6.00. The molecule has 0 aromatic rings. The summed E-state index contributed by atoms with van der Waals surface area (Å²) in [7, 11) is 0. The van der Waals surface area contributed by atoms with E-state index in [0.29, 0.717) is 0 Å². The summed E-state index contributed by atoms with van der Waals surface area (Å²) in [6.07, 6.45) is 2.13. The number of carbonyl (C=O) groups is 1. The van der Waals surface area contributed by atoms with Gasteiger partial charge in [0, 0.05) is 6.08 Å². The molecule has 3 nitrogen and oxygen atoms in total. The van der Waals surface area contributed by atoms with Crippen LogP contribution in [0.3, 0.4) is 0 Å². The van der Waals surface area contributed by atoms with Gasteiger partial charge in [-0.25, -0.2) is 4.79 Å². The molecule has 46 valence electrons. The zero-order chi connectivity index (χ0) is 5.70. The van der Waals surface area contributed by atoms with E-state index in [1.807, 2.05) is 0 Å². The molecule has 0 saturated carbocycles. The first-order valence-corrected chi connectivity index (χ1v) is 1.75. The molecule has 3 N–H and O–H groups in total. The number of ether oxygens (including phenoxy) is 1. The standard InChI is InChI=1S/C5H6O2.H3N/c1-3-5(6)7-4-2;/h3-4H,1-2H2;1H3. The molecule has 0 aliphatic rings. The third-order valence-electron chi connectivity index (χ3n) is 0.366. The second-order valence-electron chi connectivity index (χ2n) is 0.808. The summed E-state index contributed by atoms with van der Waals surface area (Å²) in [6.45, 7) is 6.31. The Bertz CT molecular complexity index is 98.6. The van der Waals surface area contributed by atoms with E-state index in [-0.39, 0.29) is 6.15 Å². The fourth-order valence-electron chi connectivity index (χ4n) is 0.130. The molecule has 0 rings (SSSR count). The molecule has 3 heteroatoms. The van der Waals surface area contributed by atoms with Gasteiger partial charge in [0.2, 0.25) is 0 Å². The molecular weight excluding hydrogens is 106 g/mol. The summed E-state index contributed by atoms with van der Waals surface area (Å²) in [5, 5.41) is 0. The SMILES string of the molecule is C=COC(=O)C=C.N. The molecule has 0 heterocycles. The quantitative estimate of drug-likeness (QED) is 0.332. The third kappa shape index (κ3) is 4.91. The molecule has 0 radical (unpaired) electrons. The van der Waals surface area contributed by atoms with E-state index in [4.69, 9.17) is 0 Å². The molecule has 0 spiro atoms. The highest BCUT2D eigenvalue weighted by Gasteiger charge is 1.84. The van der Waals surface area contributed by atoms with Gasteiger partial charge in [-0.15, -0.1) is 0 Å². The van der Waals surface area contributed by atoms with E-state index in [1.165, 1.54) is 0 Å². The monoisotopic (exact) mass is 115 g/mol. The molecule has 0 amide bonds. The van der Waals surface area contributed by atoms with E-state index < -0.39 is 5.97 Å². The predicted molar refractivity (Wildman–Crippen MR) is 31.5 cm³/mol. The Morgan fingerprint density at radius 3 is 2.12 bits per heavy atom. The molecule has 0 aromatic carbocycles. The number of esters is 1. The number of carbonyl (C=O) groups excluding carboxylic acids is 1. The average Bonchev–Trinajstić information content (AvgIpc) is 1.68. The zero-order valence-electron chi connectivity index (χ0n) is 4.59. The first-order chi connectivity index (χ1) is 3.31. The van der Waals surface area contributed by atoms with Gasteiger partial charge < -0.3 is 10.9 Å². The molecule has 0 bridgehead atoms. The van der Waals surface area contributed by atoms with Crippen LogP contribution in [0.1, 0.15) is 0 Å². The van der Waals surface area contributed by atoms with Crippen molar-refractivity contribution >= 4 is 5.97 Å². The van der Waals surface area contributed by atoms with E-state index >= 15 is 0 Å². The van der Waals surface area contributed by atoms with E-state index in [9.17, 15) is 4.79 Å². The lowest BCUT2D eigenvalue weighted by molar-refractivity contribution is -0.132. The largest absolute Gasteiger partial charge is 0.432 e. The topological polar surface area (TPSA) is 61.3 Å². The molecule has 0 fully saturated rings. The maximum absolute atomic E-state index is 10.0. The molecule has 0 saturated heterocycles. The fourth-order valence-corrected chi connectivity index (χ4v) is 0.130. The lowest BCUT2D eigenvalue weighted by Gasteiger charge is -1.85. The predicted octanol–water partition coefficient (Wildman–Crippen LogP) is 1.02. The summed E-state index contributed by atoms with van der Waals surface area (Å²) < 4.78 is 4.20. The van der Waals surface area contributed by atoms with Crippen LogP contribution in [0.4, 0.5) is 0 Å². The summed E-state index contributed by atoms with van der Waals surface area (Å²) in [6, 6.07) is 0. The van der Waals surface area contributed by atoms with Crippen molar-refractivity contribution in [3.63, 3.8) is 0 Å². The van der Waals surface area contributed by atoms with Crippen molar-refractivity contribution in [1.82, 2.24) is 6.15 Å². The molecule has 8 heavy (non-hydrogen) atoms.